The molecule has 2 aliphatic heterocycles. The number of amides is 2. The van der Waals surface area contributed by atoms with Crippen LogP contribution in [0.25, 0.3) is 0 Å². The molecular formula is C19H26N2O3. The fraction of sp³-hybridized carbons (Fsp3) is 0.579. The number of carbonyl (C=O) groups excluding carboxylic acids is 2. The fourth-order valence-electron chi connectivity index (χ4n) is 3.77. The van der Waals surface area contributed by atoms with Crippen molar-refractivity contribution in [3.8, 4) is 5.75 Å². The number of hydrogen-bond acceptors (Lipinski definition) is 3. The van der Waals surface area contributed by atoms with E-state index in [2.05, 4.69) is 13.8 Å². The molecule has 2 amide bonds. The van der Waals surface area contributed by atoms with Gasteiger partial charge in [-0.2, -0.15) is 0 Å². The topological polar surface area (TPSA) is 49.9 Å². The number of rotatable bonds is 4. The van der Waals surface area contributed by atoms with Crippen molar-refractivity contribution >= 4 is 17.5 Å². The molecule has 0 aromatic heterocycles. The van der Waals surface area contributed by atoms with Crippen LogP contribution < -0.4 is 9.64 Å². The SMILES string of the molecule is CC1CC(C)CN(C(=O)COc2cccc(N3CCCC3=O)c2)C1. The van der Waals surface area contributed by atoms with Crippen molar-refractivity contribution in [2.24, 2.45) is 11.8 Å². The molecule has 1 aromatic carbocycles. The molecule has 0 aliphatic carbocycles. The van der Waals surface area contributed by atoms with Crippen molar-refractivity contribution in [1.82, 2.24) is 4.90 Å². The zero-order valence-corrected chi connectivity index (χ0v) is 14.5. The minimum Gasteiger partial charge on any atom is -0.484 e. The number of ether oxygens (including phenoxy) is 1. The molecule has 1 aromatic rings. The maximum absolute atomic E-state index is 12.4. The van der Waals surface area contributed by atoms with Crippen LogP contribution >= 0.6 is 0 Å². The standard InChI is InChI=1S/C19H26N2O3/c1-14-9-15(2)12-20(11-14)19(23)13-24-17-6-3-5-16(10-17)21-8-4-7-18(21)22/h3,5-6,10,14-15H,4,7-9,11-13H2,1-2H3. The molecule has 0 spiro atoms. The van der Waals surface area contributed by atoms with E-state index in [0.29, 0.717) is 24.0 Å². The van der Waals surface area contributed by atoms with Gasteiger partial charge in [-0.1, -0.05) is 19.9 Å². The second kappa shape index (κ2) is 7.24. The van der Waals surface area contributed by atoms with E-state index in [1.54, 1.807) is 4.90 Å². The van der Waals surface area contributed by atoms with Gasteiger partial charge in [0.2, 0.25) is 5.91 Å². The zero-order valence-electron chi connectivity index (χ0n) is 14.5. The van der Waals surface area contributed by atoms with Crippen molar-refractivity contribution in [3.63, 3.8) is 0 Å². The Balaban J connectivity index is 1.58. The Morgan fingerprint density at radius 1 is 1.25 bits per heavy atom. The van der Waals surface area contributed by atoms with E-state index in [1.807, 2.05) is 29.2 Å². The van der Waals surface area contributed by atoms with Gasteiger partial charge in [0, 0.05) is 37.8 Å². The van der Waals surface area contributed by atoms with Gasteiger partial charge in [0.25, 0.3) is 5.91 Å². The number of piperidine rings is 1. The van der Waals surface area contributed by atoms with Gasteiger partial charge in [-0.05, 0) is 36.8 Å². The van der Waals surface area contributed by atoms with Crippen LogP contribution in [-0.2, 0) is 9.59 Å². The van der Waals surface area contributed by atoms with Crippen LogP contribution in [0.4, 0.5) is 5.69 Å². The summed E-state index contributed by atoms with van der Waals surface area (Å²) in [5, 5.41) is 0. The third kappa shape index (κ3) is 3.89. The van der Waals surface area contributed by atoms with E-state index in [-0.39, 0.29) is 18.4 Å². The third-order valence-corrected chi connectivity index (χ3v) is 4.79. The van der Waals surface area contributed by atoms with Crippen LogP contribution in [0.5, 0.6) is 5.75 Å². The predicted octanol–water partition coefficient (Wildman–Crippen LogP) is 2.70. The number of anilines is 1. The van der Waals surface area contributed by atoms with Crippen LogP contribution in [0, 0.1) is 11.8 Å². The van der Waals surface area contributed by atoms with Crippen LogP contribution in [0.2, 0.25) is 0 Å². The molecule has 0 N–H and O–H groups in total. The number of likely N-dealkylation sites (tertiary alicyclic amines) is 1. The van der Waals surface area contributed by atoms with Crippen molar-refractivity contribution in [2.75, 3.05) is 31.1 Å². The lowest BCUT2D eigenvalue weighted by Gasteiger charge is -2.34. The Morgan fingerprint density at radius 3 is 2.67 bits per heavy atom. The summed E-state index contributed by atoms with van der Waals surface area (Å²) in [6.07, 6.45) is 2.68. The highest BCUT2D eigenvalue weighted by molar-refractivity contribution is 5.95. The average molecular weight is 330 g/mol. The van der Waals surface area contributed by atoms with Gasteiger partial charge in [-0.15, -0.1) is 0 Å². The second-order valence-electron chi connectivity index (χ2n) is 7.18. The van der Waals surface area contributed by atoms with E-state index >= 15 is 0 Å². The zero-order chi connectivity index (χ0) is 17.1. The molecule has 24 heavy (non-hydrogen) atoms. The lowest BCUT2D eigenvalue weighted by molar-refractivity contribution is -0.136. The highest BCUT2D eigenvalue weighted by Gasteiger charge is 2.26. The van der Waals surface area contributed by atoms with Gasteiger partial charge >= 0.3 is 0 Å². The second-order valence-corrected chi connectivity index (χ2v) is 7.18. The van der Waals surface area contributed by atoms with Gasteiger partial charge in [-0.25, -0.2) is 0 Å². The van der Waals surface area contributed by atoms with E-state index in [9.17, 15) is 9.59 Å². The Kier molecular flexibility index (Phi) is 5.07. The van der Waals surface area contributed by atoms with Crippen molar-refractivity contribution in [3.05, 3.63) is 24.3 Å². The summed E-state index contributed by atoms with van der Waals surface area (Å²) in [7, 11) is 0. The lowest BCUT2D eigenvalue weighted by atomic mass is 9.92. The molecule has 2 atom stereocenters. The molecule has 130 valence electrons. The third-order valence-electron chi connectivity index (χ3n) is 4.79. The van der Waals surface area contributed by atoms with Gasteiger partial charge in [-0.3, -0.25) is 9.59 Å². The largest absolute Gasteiger partial charge is 0.484 e. The van der Waals surface area contributed by atoms with Crippen molar-refractivity contribution in [2.45, 2.75) is 33.1 Å². The summed E-state index contributed by atoms with van der Waals surface area (Å²) in [5.74, 6) is 1.92. The summed E-state index contributed by atoms with van der Waals surface area (Å²) in [6.45, 7) is 6.81. The molecule has 2 aliphatic rings. The molecule has 5 heteroatoms. The molecule has 3 rings (SSSR count). The Bertz CT molecular complexity index is 606. The minimum absolute atomic E-state index is 0.0380. The Hall–Kier alpha value is -2.04. The molecule has 0 bridgehead atoms. The molecule has 2 saturated heterocycles. The molecule has 5 nitrogen and oxygen atoms in total. The van der Waals surface area contributed by atoms with E-state index in [1.165, 1.54) is 6.42 Å². The molecule has 2 fully saturated rings. The Labute approximate surface area is 143 Å². The first-order valence-corrected chi connectivity index (χ1v) is 8.84. The normalized spacial score (nSPS) is 24.3. The predicted molar refractivity (Wildman–Crippen MR) is 93.0 cm³/mol. The number of benzene rings is 1. The lowest BCUT2D eigenvalue weighted by Crippen LogP contribution is -2.44. The smallest absolute Gasteiger partial charge is 0.260 e. The summed E-state index contributed by atoms with van der Waals surface area (Å²) >= 11 is 0. The number of nitrogens with zero attached hydrogens (tertiary/aromatic N) is 2. The number of hydrogen-bond donors (Lipinski definition) is 0. The molecule has 0 radical (unpaired) electrons. The molecule has 2 unspecified atom stereocenters. The van der Waals surface area contributed by atoms with Gasteiger partial charge in [0.1, 0.15) is 5.75 Å². The fourth-order valence-corrected chi connectivity index (χ4v) is 3.77. The first-order valence-electron chi connectivity index (χ1n) is 8.84. The minimum atomic E-state index is 0.0380. The van der Waals surface area contributed by atoms with Crippen molar-refractivity contribution < 1.29 is 14.3 Å². The average Bonchev–Trinajstić information content (AvgIpc) is 2.98. The summed E-state index contributed by atoms with van der Waals surface area (Å²) < 4.78 is 5.70. The quantitative estimate of drug-likeness (QED) is 0.853. The van der Waals surface area contributed by atoms with Gasteiger partial charge in [0.05, 0.1) is 0 Å². The summed E-state index contributed by atoms with van der Waals surface area (Å²) in [6, 6.07) is 7.45. The highest BCUT2D eigenvalue weighted by atomic mass is 16.5. The molecular weight excluding hydrogens is 304 g/mol. The first kappa shape index (κ1) is 16.8. The van der Waals surface area contributed by atoms with Gasteiger partial charge < -0.3 is 14.5 Å². The van der Waals surface area contributed by atoms with E-state index in [0.717, 1.165) is 31.7 Å². The van der Waals surface area contributed by atoms with Gasteiger partial charge in [0.15, 0.2) is 6.61 Å². The highest BCUT2D eigenvalue weighted by Crippen LogP contribution is 2.26. The maximum Gasteiger partial charge on any atom is 0.260 e. The van der Waals surface area contributed by atoms with Crippen LogP contribution in [0.15, 0.2) is 24.3 Å². The molecule has 0 saturated carbocycles. The monoisotopic (exact) mass is 330 g/mol. The summed E-state index contributed by atoms with van der Waals surface area (Å²) in [4.78, 5) is 27.9. The van der Waals surface area contributed by atoms with Crippen LogP contribution in [0.3, 0.4) is 0 Å². The maximum atomic E-state index is 12.4. The van der Waals surface area contributed by atoms with E-state index in [4.69, 9.17) is 4.74 Å². The Morgan fingerprint density at radius 2 is 2.00 bits per heavy atom. The van der Waals surface area contributed by atoms with Crippen molar-refractivity contribution in [1.29, 1.82) is 0 Å². The molecule has 2 heterocycles. The van der Waals surface area contributed by atoms with Crippen LogP contribution in [0.1, 0.15) is 33.1 Å². The first-order chi connectivity index (χ1) is 11.5. The summed E-state index contributed by atoms with van der Waals surface area (Å²) in [5.41, 5.74) is 0.850. The van der Waals surface area contributed by atoms with E-state index < -0.39 is 0 Å². The van der Waals surface area contributed by atoms with Crippen LogP contribution in [-0.4, -0.2) is 43.0 Å². The number of carbonyl (C=O) groups is 2.